The Balaban J connectivity index is 3.25. The van der Waals surface area contributed by atoms with Crippen LogP contribution in [0.1, 0.15) is 5.56 Å². The number of hydrogen-bond donors (Lipinski definition) is 0. The Morgan fingerprint density at radius 3 is 2.27 bits per heavy atom. The second-order valence-electron chi connectivity index (χ2n) is 1.99. The Kier molecular flexibility index (Phi) is 2.14. The van der Waals surface area contributed by atoms with Crippen LogP contribution in [0.2, 0.25) is 0 Å². The van der Waals surface area contributed by atoms with Crippen molar-refractivity contribution in [1.82, 2.24) is 5.73 Å². The van der Waals surface area contributed by atoms with E-state index in [1.165, 1.54) is 0 Å². The molecule has 0 N–H and O–H groups in total. The van der Waals surface area contributed by atoms with Gasteiger partial charge in [0.25, 0.3) is 0 Å². The largest absolute Gasteiger partial charge is 0.204 e. The second kappa shape index (κ2) is 2.92. The fourth-order valence-corrected chi connectivity index (χ4v) is 0.688. The third-order valence-electron chi connectivity index (χ3n) is 1.29. The Morgan fingerprint density at radius 2 is 1.73 bits per heavy atom. The van der Waals surface area contributed by atoms with Crippen molar-refractivity contribution in [3.05, 3.63) is 35.1 Å². The predicted molar refractivity (Wildman–Crippen MR) is 32.2 cm³/mol. The van der Waals surface area contributed by atoms with Gasteiger partial charge in [-0.05, 0) is 6.07 Å². The smallest absolute Gasteiger partial charge is 0.194 e. The van der Waals surface area contributed by atoms with Gasteiger partial charge in [-0.3, -0.25) is 0 Å². The van der Waals surface area contributed by atoms with E-state index in [0.717, 1.165) is 12.1 Å². The molecule has 0 spiro atoms. The van der Waals surface area contributed by atoms with E-state index in [2.05, 4.69) is 0 Å². The Morgan fingerprint density at radius 1 is 1.09 bits per heavy atom. The molecule has 58 valence electrons. The quantitative estimate of drug-likeness (QED) is 0.556. The van der Waals surface area contributed by atoms with E-state index in [1.54, 1.807) is 0 Å². The third-order valence-corrected chi connectivity index (χ3v) is 1.29. The first-order chi connectivity index (χ1) is 5.16. The van der Waals surface area contributed by atoms with Gasteiger partial charge in [0.15, 0.2) is 17.5 Å². The van der Waals surface area contributed by atoms with Gasteiger partial charge in [-0.1, -0.05) is 6.07 Å². The van der Waals surface area contributed by atoms with Gasteiger partial charge in [0.05, 0.1) is 6.54 Å². The van der Waals surface area contributed by atoms with Crippen LogP contribution >= 0.6 is 0 Å². The molecule has 1 rings (SSSR count). The number of halogens is 3. The molecule has 4 heteroatoms. The standard InChI is InChI=1S/C7H4F3N/c8-5-2-1-4(3-11)6(9)7(5)10/h1-2H,3H2. The molecule has 0 unspecified atom stereocenters. The molecular formula is C7H4F3N. The molecule has 0 heterocycles. The summed E-state index contributed by atoms with van der Waals surface area (Å²) < 4.78 is 37.0. The summed E-state index contributed by atoms with van der Waals surface area (Å²) in [5.41, 5.74) is 8.16. The maximum atomic E-state index is 12.5. The summed E-state index contributed by atoms with van der Waals surface area (Å²) in [6.07, 6.45) is 0. The SMILES string of the molecule is [N]Cc1ccc(F)c(F)c1F. The zero-order valence-electron chi connectivity index (χ0n) is 5.44. The Bertz CT molecular complexity index is 273. The van der Waals surface area contributed by atoms with E-state index < -0.39 is 24.0 Å². The Labute approximate surface area is 61.6 Å². The van der Waals surface area contributed by atoms with Crippen LogP contribution in [0, 0.1) is 17.5 Å². The van der Waals surface area contributed by atoms with E-state index in [4.69, 9.17) is 5.73 Å². The highest BCUT2D eigenvalue weighted by molar-refractivity contribution is 5.19. The van der Waals surface area contributed by atoms with E-state index in [0.29, 0.717) is 0 Å². The molecule has 0 amide bonds. The van der Waals surface area contributed by atoms with Gasteiger partial charge in [0.1, 0.15) is 0 Å². The lowest BCUT2D eigenvalue weighted by atomic mass is 10.2. The lowest BCUT2D eigenvalue weighted by molar-refractivity contribution is 0.441. The molecule has 0 fully saturated rings. The highest BCUT2D eigenvalue weighted by atomic mass is 19.2. The van der Waals surface area contributed by atoms with Crippen molar-refractivity contribution in [1.29, 1.82) is 0 Å². The lowest BCUT2D eigenvalue weighted by Gasteiger charge is -1.98. The molecule has 0 atom stereocenters. The molecule has 1 nitrogen and oxygen atoms in total. The van der Waals surface area contributed by atoms with Crippen molar-refractivity contribution < 1.29 is 13.2 Å². The predicted octanol–water partition coefficient (Wildman–Crippen LogP) is 1.67. The minimum absolute atomic E-state index is 0.246. The summed E-state index contributed by atoms with van der Waals surface area (Å²) in [5, 5.41) is 0. The van der Waals surface area contributed by atoms with E-state index in [1.807, 2.05) is 0 Å². The summed E-state index contributed by atoms with van der Waals surface area (Å²) in [6.45, 7) is -0.636. The summed E-state index contributed by atoms with van der Waals surface area (Å²) >= 11 is 0. The minimum atomic E-state index is -1.54. The van der Waals surface area contributed by atoms with E-state index >= 15 is 0 Å². The average molecular weight is 159 g/mol. The Hall–Kier alpha value is -1.03. The molecule has 0 saturated carbocycles. The first kappa shape index (κ1) is 8.07. The molecule has 0 aliphatic rings. The highest BCUT2D eigenvalue weighted by Gasteiger charge is 2.11. The van der Waals surface area contributed by atoms with Crippen molar-refractivity contribution in [2.24, 2.45) is 0 Å². The van der Waals surface area contributed by atoms with Gasteiger partial charge < -0.3 is 0 Å². The lowest BCUT2D eigenvalue weighted by Crippen LogP contribution is -1.97. The van der Waals surface area contributed by atoms with Crippen LogP contribution in [0.15, 0.2) is 12.1 Å². The van der Waals surface area contributed by atoms with Crippen LogP contribution in [0.3, 0.4) is 0 Å². The van der Waals surface area contributed by atoms with Crippen LogP contribution in [0.25, 0.3) is 0 Å². The number of benzene rings is 1. The van der Waals surface area contributed by atoms with Crippen molar-refractivity contribution in [2.45, 2.75) is 6.54 Å². The molecule has 0 bridgehead atoms. The maximum absolute atomic E-state index is 12.5. The number of rotatable bonds is 1. The van der Waals surface area contributed by atoms with E-state index in [9.17, 15) is 13.2 Å². The van der Waals surface area contributed by atoms with Crippen molar-refractivity contribution >= 4 is 0 Å². The molecule has 0 aromatic heterocycles. The van der Waals surface area contributed by atoms with Gasteiger partial charge in [0, 0.05) is 5.56 Å². The molecule has 0 aliphatic carbocycles. The first-order valence-electron chi connectivity index (χ1n) is 2.90. The van der Waals surface area contributed by atoms with Gasteiger partial charge >= 0.3 is 0 Å². The van der Waals surface area contributed by atoms with Crippen LogP contribution in [-0.2, 0) is 6.54 Å². The van der Waals surface area contributed by atoms with Crippen molar-refractivity contribution in [3.8, 4) is 0 Å². The first-order valence-corrected chi connectivity index (χ1v) is 2.90. The van der Waals surface area contributed by atoms with Gasteiger partial charge in [-0.15, -0.1) is 5.73 Å². The zero-order valence-corrected chi connectivity index (χ0v) is 5.44. The normalized spacial score (nSPS) is 10.2. The van der Waals surface area contributed by atoms with Gasteiger partial charge in [-0.2, -0.15) is 0 Å². The third kappa shape index (κ3) is 1.35. The van der Waals surface area contributed by atoms with Gasteiger partial charge in [-0.25, -0.2) is 13.2 Å². The van der Waals surface area contributed by atoms with Crippen LogP contribution in [0.4, 0.5) is 13.2 Å². The second-order valence-corrected chi connectivity index (χ2v) is 1.99. The fraction of sp³-hybridized carbons (Fsp3) is 0.143. The minimum Gasteiger partial charge on any atom is -0.204 e. The van der Waals surface area contributed by atoms with Crippen LogP contribution in [0.5, 0.6) is 0 Å². The summed E-state index contributed by atoms with van der Waals surface area (Å²) in [6, 6.07) is 1.76. The molecule has 1 aromatic carbocycles. The van der Waals surface area contributed by atoms with Crippen molar-refractivity contribution in [3.63, 3.8) is 0 Å². The maximum Gasteiger partial charge on any atom is 0.194 e. The zero-order chi connectivity index (χ0) is 8.43. The topological polar surface area (TPSA) is 22.3 Å². The molecule has 0 aliphatic heterocycles. The average Bonchev–Trinajstić information content (AvgIpc) is 2.01. The summed E-state index contributed by atoms with van der Waals surface area (Å²) in [5.74, 6) is -4.12. The molecule has 0 saturated heterocycles. The molecule has 11 heavy (non-hydrogen) atoms. The fourth-order valence-electron chi connectivity index (χ4n) is 0.688. The summed E-state index contributed by atoms with van der Waals surface area (Å²) in [4.78, 5) is 0. The summed E-state index contributed by atoms with van der Waals surface area (Å²) in [7, 11) is 0. The molecule has 2 radical (unpaired) electrons. The highest BCUT2D eigenvalue weighted by Crippen LogP contribution is 2.14. The molecular weight excluding hydrogens is 155 g/mol. The van der Waals surface area contributed by atoms with Gasteiger partial charge in [0.2, 0.25) is 0 Å². The van der Waals surface area contributed by atoms with Crippen LogP contribution < -0.4 is 5.73 Å². The monoisotopic (exact) mass is 159 g/mol. The number of hydrogen-bond acceptors (Lipinski definition) is 0. The van der Waals surface area contributed by atoms with Crippen LogP contribution in [-0.4, -0.2) is 0 Å². The van der Waals surface area contributed by atoms with E-state index in [-0.39, 0.29) is 5.56 Å². The number of nitrogens with zero attached hydrogens (tertiary/aromatic N) is 1. The van der Waals surface area contributed by atoms with Crippen molar-refractivity contribution in [2.75, 3.05) is 0 Å². The molecule has 1 aromatic rings.